The summed E-state index contributed by atoms with van der Waals surface area (Å²) in [6, 6.07) is 0. The zero-order valence-corrected chi connectivity index (χ0v) is 31.8. The van der Waals surface area contributed by atoms with Crippen molar-refractivity contribution in [1.29, 1.82) is 0 Å². The van der Waals surface area contributed by atoms with Gasteiger partial charge in [0.2, 0.25) is 0 Å². The predicted molar refractivity (Wildman–Crippen MR) is 205 cm³/mol. The first kappa shape index (κ1) is 47.2. The number of allylic oxidation sites excluding steroid dienone is 12. The molecule has 6 atom stereocenters. The van der Waals surface area contributed by atoms with Crippen molar-refractivity contribution in [3.05, 3.63) is 72.9 Å². The Labute approximate surface area is 313 Å². The Hall–Kier alpha value is -2.86. The highest BCUT2D eigenvalue weighted by atomic mass is 16.7. The standard InChI is InChI=1S/C42H68O10/c1-3-5-7-9-11-13-15-17-19-20-22-24-26-28-30-37(44)49-33-35(34-50-42-41(48)40(47)39(46)36(32-43)52-42)51-38(45)31-29-27-25-23-21-18-16-14-12-10-8-6-4-2/h6,8,10,12,14,16,18-21,23,25,35-36,39-43,46-48H,3-5,7,9,11,13,15,17,22,24,26-34H2,1-2H3/b8-6+,12-10+,16-14+,20-19+,21-18+,25-23+/t35?,36-,39+,40?,41?,42-/m0/s1. The predicted octanol–water partition coefficient (Wildman–Crippen LogP) is 7.27. The van der Waals surface area contributed by atoms with Gasteiger partial charge in [-0.3, -0.25) is 9.59 Å². The fourth-order valence-electron chi connectivity index (χ4n) is 5.33. The summed E-state index contributed by atoms with van der Waals surface area (Å²) in [5, 5.41) is 39.9. The second kappa shape index (κ2) is 32.8. The molecule has 0 radical (unpaired) electrons. The number of carbonyl (C=O) groups is 2. The lowest BCUT2D eigenvalue weighted by Gasteiger charge is -2.39. The summed E-state index contributed by atoms with van der Waals surface area (Å²) in [5.74, 6) is -0.921. The molecule has 10 heteroatoms. The van der Waals surface area contributed by atoms with Gasteiger partial charge in [-0.25, -0.2) is 0 Å². The average Bonchev–Trinajstić information content (AvgIpc) is 3.14. The van der Waals surface area contributed by atoms with Crippen molar-refractivity contribution >= 4 is 11.9 Å². The third-order valence-electron chi connectivity index (χ3n) is 8.45. The minimum Gasteiger partial charge on any atom is -0.462 e. The smallest absolute Gasteiger partial charge is 0.306 e. The average molecular weight is 733 g/mol. The van der Waals surface area contributed by atoms with Crippen LogP contribution in [0.3, 0.4) is 0 Å². The number of rotatable bonds is 30. The number of aliphatic hydroxyl groups is 4. The summed E-state index contributed by atoms with van der Waals surface area (Å²) in [6.07, 6.45) is 32.1. The Morgan fingerprint density at radius 3 is 1.81 bits per heavy atom. The zero-order chi connectivity index (χ0) is 38.1. The maximum atomic E-state index is 12.7. The molecule has 0 aromatic rings. The van der Waals surface area contributed by atoms with Crippen molar-refractivity contribution in [1.82, 2.24) is 0 Å². The van der Waals surface area contributed by atoms with Gasteiger partial charge in [0, 0.05) is 12.8 Å². The van der Waals surface area contributed by atoms with Crippen molar-refractivity contribution < 1.29 is 49.0 Å². The maximum Gasteiger partial charge on any atom is 0.306 e. The number of hydrogen-bond donors (Lipinski definition) is 4. The molecule has 1 aliphatic heterocycles. The molecule has 1 saturated heterocycles. The Balaban J connectivity index is 2.47. The van der Waals surface area contributed by atoms with Crippen LogP contribution in [0.1, 0.15) is 123 Å². The van der Waals surface area contributed by atoms with Crippen LogP contribution in [-0.2, 0) is 28.5 Å². The van der Waals surface area contributed by atoms with Crippen LogP contribution in [0, 0.1) is 0 Å². The summed E-state index contributed by atoms with van der Waals surface area (Å²) in [4.78, 5) is 25.1. The van der Waals surface area contributed by atoms with Crippen molar-refractivity contribution in [2.75, 3.05) is 19.8 Å². The Bertz CT molecular complexity index is 1080. The van der Waals surface area contributed by atoms with Gasteiger partial charge in [-0.2, -0.15) is 0 Å². The molecule has 0 saturated carbocycles. The van der Waals surface area contributed by atoms with Gasteiger partial charge in [-0.1, -0.05) is 132 Å². The van der Waals surface area contributed by atoms with E-state index in [4.69, 9.17) is 18.9 Å². The molecule has 0 spiro atoms. The van der Waals surface area contributed by atoms with Gasteiger partial charge < -0.3 is 39.4 Å². The summed E-state index contributed by atoms with van der Waals surface area (Å²) in [5.41, 5.74) is 0. The largest absolute Gasteiger partial charge is 0.462 e. The quantitative estimate of drug-likeness (QED) is 0.0257. The van der Waals surface area contributed by atoms with Crippen LogP contribution >= 0.6 is 0 Å². The van der Waals surface area contributed by atoms with E-state index in [1.165, 1.54) is 44.9 Å². The van der Waals surface area contributed by atoms with E-state index in [0.29, 0.717) is 19.3 Å². The van der Waals surface area contributed by atoms with E-state index in [9.17, 15) is 30.0 Å². The molecule has 4 N–H and O–H groups in total. The molecule has 3 unspecified atom stereocenters. The Morgan fingerprint density at radius 2 is 1.17 bits per heavy atom. The second-order valence-electron chi connectivity index (χ2n) is 13.1. The van der Waals surface area contributed by atoms with Crippen molar-refractivity contribution in [3.8, 4) is 0 Å². The molecular weight excluding hydrogens is 664 g/mol. The number of unbranched alkanes of at least 4 members (excludes halogenated alkanes) is 11. The van der Waals surface area contributed by atoms with Crippen LogP contribution in [0.25, 0.3) is 0 Å². The summed E-state index contributed by atoms with van der Waals surface area (Å²) in [6.45, 7) is 3.15. The van der Waals surface area contributed by atoms with Gasteiger partial charge in [0.15, 0.2) is 12.4 Å². The highest BCUT2D eigenvalue weighted by molar-refractivity contribution is 5.70. The number of aliphatic hydroxyl groups excluding tert-OH is 4. The van der Waals surface area contributed by atoms with Crippen molar-refractivity contribution in [2.24, 2.45) is 0 Å². The molecule has 1 fully saturated rings. The lowest BCUT2D eigenvalue weighted by Crippen LogP contribution is -2.59. The molecule has 10 nitrogen and oxygen atoms in total. The van der Waals surface area contributed by atoms with E-state index in [1.54, 1.807) is 0 Å². The van der Waals surface area contributed by atoms with Crippen LogP contribution < -0.4 is 0 Å². The van der Waals surface area contributed by atoms with Gasteiger partial charge in [-0.15, -0.1) is 0 Å². The first-order chi connectivity index (χ1) is 25.3. The number of ether oxygens (including phenoxy) is 4. The van der Waals surface area contributed by atoms with Gasteiger partial charge in [0.25, 0.3) is 0 Å². The summed E-state index contributed by atoms with van der Waals surface area (Å²) in [7, 11) is 0. The third kappa shape index (κ3) is 24.4. The van der Waals surface area contributed by atoms with Crippen molar-refractivity contribution in [3.63, 3.8) is 0 Å². The van der Waals surface area contributed by atoms with Crippen LogP contribution in [0.5, 0.6) is 0 Å². The van der Waals surface area contributed by atoms with E-state index in [-0.39, 0.29) is 26.1 Å². The molecule has 0 aliphatic carbocycles. The van der Waals surface area contributed by atoms with Gasteiger partial charge >= 0.3 is 11.9 Å². The first-order valence-electron chi connectivity index (χ1n) is 19.6. The Morgan fingerprint density at radius 1 is 0.615 bits per heavy atom. The maximum absolute atomic E-state index is 12.7. The molecule has 296 valence electrons. The molecule has 0 amide bonds. The third-order valence-corrected chi connectivity index (χ3v) is 8.45. The van der Waals surface area contributed by atoms with Crippen LogP contribution in [0.2, 0.25) is 0 Å². The first-order valence-corrected chi connectivity index (χ1v) is 19.6. The molecule has 52 heavy (non-hydrogen) atoms. The molecule has 1 heterocycles. The molecule has 1 aliphatic rings. The lowest BCUT2D eigenvalue weighted by molar-refractivity contribution is -0.305. The fraction of sp³-hybridized carbons (Fsp3) is 0.667. The molecule has 0 aromatic heterocycles. The van der Waals surface area contributed by atoms with E-state index < -0.39 is 55.4 Å². The van der Waals surface area contributed by atoms with Gasteiger partial charge in [0.05, 0.1) is 13.2 Å². The van der Waals surface area contributed by atoms with E-state index in [0.717, 1.165) is 32.1 Å². The minimum absolute atomic E-state index is 0.127. The second-order valence-corrected chi connectivity index (χ2v) is 13.1. The van der Waals surface area contributed by atoms with Crippen molar-refractivity contribution in [2.45, 2.75) is 160 Å². The van der Waals surface area contributed by atoms with Gasteiger partial charge in [0.1, 0.15) is 31.0 Å². The SMILES string of the molecule is CC/C=C/C=C/C=C/C=C/C=C/CCCC(=O)OC(COC(=O)CCCCC/C=C/CCCCCCCCC)CO[C@H]1O[C@@H](CO)[C@@H](O)C(O)C1O. The van der Waals surface area contributed by atoms with E-state index >= 15 is 0 Å². The summed E-state index contributed by atoms with van der Waals surface area (Å²) >= 11 is 0. The normalized spacial score (nSPS) is 21.8. The van der Waals surface area contributed by atoms with Crippen LogP contribution in [0.15, 0.2) is 72.9 Å². The zero-order valence-electron chi connectivity index (χ0n) is 31.8. The number of esters is 2. The molecule has 0 bridgehead atoms. The van der Waals surface area contributed by atoms with Crippen LogP contribution in [-0.4, -0.2) is 89.0 Å². The molecular formula is C42H68O10. The van der Waals surface area contributed by atoms with E-state index in [1.807, 2.05) is 54.7 Å². The highest BCUT2D eigenvalue weighted by Crippen LogP contribution is 2.22. The Kier molecular flexibility index (Phi) is 29.7. The minimum atomic E-state index is -1.61. The number of hydrogen-bond acceptors (Lipinski definition) is 10. The van der Waals surface area contributed by atoms with Gasteiger partial charge in [-0.05, 0) is 51.4 Å². The lowest BCUT2D eigenvalue weighted by atomic mass is 9.99. The molecule has 0 aromatic carbocycles. The summed E-state index contributed by atoms with van der Waals surface area (Å²) < 4.78 is 21.9. The fourth-order valence-corrected chi connectivity index (χ4v) is 5.33. The molecule has 1 rings (SSSR count). The monoisotopic (exact) mass is 732 g/mol. The number of carbonyl (C=O) groups excluding carboxylic acids is 2. The highest BCUT2D eigenvalue weighted by Gasteiger charge is 2.44. The topological polar surface area (TPSA) is 152 Å². The van der Waals surface area contributed by atoms with Crippen LogP contribution in [0.4, 0.5) is 0 Å². The van der Waals surface area contributed by atoms with E-state index in [2.05, 4.69) is 32.1 Å².